The predicted molar refractivity (Wildman–Crippen MR) is 90.3 cm³/mol. The molecule has 0 fully saturated rings. The number of urea groups is 1. The molecule has 0 saturated carbocycles. The lowest BCUT2D eigenvalue weighted by molar-refractivity contribution is -0.115. The fraction of sp³-hybridized carbons (Fsp3) is 0.125. The molecule has 0 atom stereocenters. The fourth-order valence-electron chi connectivity index (χ4n) is 1.78. The van der Waals surface area contributed by atoms with Crippen molar-refractivity contribution in [3.63, 3.8) is 0 Å². The molecule has 0 aliphatic carbocycles. The minimum absolute atomic E-state index is 0.189. The van der Waals surface area contributed by atoms with Crippen LogP contribution in [-0.4, -0.2) is 24.7 Å². The van der Waals surface area contributed by atoms with Gasteiger partial charge in [0.25, 0.3) is 0 Å². The molecule has 0 radical (unpaired) electrons. The lowest BCUT2D eigenvalue weighted by atomic mass is 10.3. The maximum Gasteiger partial charge on any atom is 0.319 e. The van der Waals surface area contributed by atoms with E-state index in [1.165, 1.54) is 24.3 Å². The van der Waals surface area contributed by atoms with E-state index in [4.69, 9.17) is 0 Å². The van der Waals surface area contributed by atoms with Crippen LogP contribution in [0.25, 0.3) is 0 Å². The molecule has 0 aromatic heterocycles. The van der Waals surface area contributed by atoms with Gasteiger partial charge >= 0.3 is 6.03 Å². The number of hydrogen-bond donors (Lipinski definition) is 3. The Bertz CT molecular complexity index is 692. The Morgan fingerprint density at radius 1 is 1.04 bits per heavy atom. The summed E-state index contributed by atoms with van der Waals surface area (Å²) in [6.45, 7) is -0.189. The molecule has 0 aliphatic heterocycles. The van der Waals surface area contributed by atoms with Crippen molar-refractivity contribution in [2.24, 2.45) is 0 Å². The van der Waals surface area contributed by atoms with Gasteiger partial charge in [0, 0.05) is 16.3 Å². The molecule has 2 rings (SSSR count). The van der Waals surface area contributed by atoms with Crippen molar-refractivity contribution >= 4 is 35.1 Å². The summed E-state index contributed by atoms with van der Waals surface area (Å²) in [5.74, 6) is -0.780. The average molecular weight is 333 g/mol. The van der Waals surface area contributed by atoms with Crippen LogP contribution in [0.15, 0.2) is 53.4 Å². The third-order valence-electron chi connectivity index (χ3n) is 2.87. The third-order valence-corrected chi connectivity index (χ3v) is 3.59. The number of carbonyl (C=O) groups excluding carboxylic acids is 2. The maximum absolute atomic E-state index is 12.8. The van der Waals surface area contributed by atoms with Crippen molar-refractivity contribution < 1.29 is 14.0 Å². The average Bonchev–Trinajstić information content (AvgIpc) is 2.55. The largest absolute Gasteiger partial charge is 0.329 e. The van der Waals surface area contributed by atoms with E-state index in [1.54, 1.807) is 17.8 Å². The Labute approximate surface area is 137 Å². The van der Waals surface area contributed by atoms with E-state index in [9.17, 15) is 14.0 Å². The molecule has 2 aromatic carbocycles. The number of halogens is 1. The lowest BCUT2D eigenvalue weighted by Gasteiger charge is -2.09. The molecule has 3 amide bonds. The number of hydrogen-bond acceptors (Lipinski definition) is 3. The first-order chi connectivity index (χ1) is 11.1. The van der Waals surface area contributed by atoms with Crippen LogP contribution >= 0.6 is 11.8 Å². The van der Waals surface area contributed by atoms with Gasteiger partial charge < -0.3 is 16.0 Å². The second kappa shape index (κ2) is 8.19. The zero-order chi connectivity index (χ0) is 16.7. The highest BCUT2D eigenvalue weighted by Gasteiger charge is 2.06. The highest BCUT2D eigenvalue weighted by atomic mass is 32.2. The molecule has 0 aliphatic rings. The normalized spacial score (nSPS) is 10.0. The van der Waals surface area contributed by atoms with Gasteiger partial charge in [-0.1, -0.05) is 6.07 Å². The summed E-state index contributed by atoms with van der Waals surface area (Å²) in [7, 11) is 0. The van der Waals surface area contributed by atoms with Gasteiger partial charge in [0.15, 0.2) is 0 Å². The Kier molecular flexibility index (Phi) is 5.99. The number of carbonyl (C=O) groups is 2. The molecular formula is C16H16FN3O2S. The van der Waals surface area contributed by atoms with E-state index in [0.717, 1.165) is 4.90 Å². The summed E-state index contributed by atoms with van der Waals surface area (Å²) < 4.78 is 12.8. The van der Waals surface area contributed by atoms with E-state index in [0.29, 0.717) is 11.4 Å². The van der Waals surface area contributed by atoms with Crippen molar-refractivity contribution in [2.45, 2.75) is 4.90 Å². The summed E-state index contributed by atoms with van der Waals surface area (Å²) in [6, 6.07) is 12.3. The van der Waals surface area contributed by atoms with Crippen molar-refractivity contribution in [1.29, 1.82) is 0 Å². The molecule has 7 heteroatoms. The summed E-state index contributed by atoms with van der Waals surface area (Å²) in [5, 5.41) is 7.66. The summed E-state index contributed by atoms with van der Waals surface area (Å²) in [6.07, 6.45) is 1.94. The van der Waals surface area contributed by atoms with Gasteiger partial charge in [0.05, 0.1) is 6.54 Å². The first-order valence-electron chi connectivity index (χ1n) is 6.81. The second-order valence-electron chi connectivity index (χ2n) is 4.59. The molecule has 5 nitrogen and oxygen atoms in total. The van der Waals surface area contributed by atoms with E-state index in [-0.39, 0.29) is 12.4 Å². The monoisotopic (exact) mass is 333 g/mol. The van der Waals surface area contributed by atoms with Crippen LogP contribution in [0.2, 0.25) is 0 Å². The van der Waals surface area contributed by atoms with Crippen molar-refractivity contribution in [3.8, 4) is 0 Å². The number of rotatable bonds is 5. The Morgan fingerprint density at radius 3 is 2.48 bits per heavy atom. The highest BCUT2D eigenvalue weighted by molar-refractivity contribution is 7.98. The van der Waals surface area contributed by atoms with Crippen LogP contribution in [-0.2, 0) is 4.79 Å². The van der Waals surface area contributed by atoms with Crippen LogP contribution in [0.4, 0.5) is 20.6 Å². The van der Waals surface area contributed by atoms with Crippen LogP contribution in [0.5, 0.6) is 0 Å². The molecule has 2 aromatic rings. The van der Waals surface area contributed by atoms with Gasteiger partial charge in [-0.15, -0.1) is 11.8 Å². The van der Waals surface area contributed by atoms with Crippen LogP contribution < -0.4 is 16.0 Å². The highest BCUT2D eigenvalue weighted by Crippen LogP contribution is 2.18. The Morgan fingerprint density at radius 2 is 1.78 bits per heavy atom. The zero-order valence-corrected chi connectivity index (χ0v) is 13.2. The molecule has 0 bridgehead atoms. The molecule has 0 saturated heterocycles. The second-order valence-corrected chi connectivity index (χ2v) is 5.47. The van der Waals surface area contributed by atoms with Gasteiger partial charge in [-0.05, 0) is 48.7 Å². The van der Waals surface area contributed by atoms with E-state index in [1.807, 2.05) is 24.5 Å². The van der Waals surface area contributed by atoms with E-state index < -0.39 is 11.9 Å². The smallest absolute Gasteiger partial charge is 0.319 e. The zero-order valence-electron chi connectivity index (χ0n) is 12.4. The first-order valence-corrected chi connectivity index (χ1v) is 8.03. The van der Waals surface area contributed by atoms with Crippen molar-refractivity contribution in [3.05, 3.63) is 54.3 Å². The molecule has 0 heterocycles. The van der Waals surface area contributed by atoms with Gasteiger partial charge in [-0.3, -0.25) is 4.79 Å². The number of nitrogens with one attached hydrogen (secondary N) is 3. The number of thioether (sulfide) groups is 1. The van der Waals surface area contributed by atoms with Crippen LogP contribution in [0, 0.1) is 5.82 Å². The van der Waals surface area contributed by atoms with Gasteiger partial charge in [-0.25, -0.2) is 9.18 Å². The van der Waals surface area contributed by atoms with E-state index >= 15 is 0 Å². The minimum atomic E-state index is -0.475. The predicted octanol–water partition coefficient (Wildman–Crippen LogP) is 3.31. The van der Waals surface area contributed by atoms with Crippen LogP contribution in [0.3, 0.4) is 0 Å². The molecule has 0 spiro atoms. The van der Waals surface area contributed by atoms with Crippen molar-refractivity contribution in [2.75, 3.05) is 23.4 Å². The topological polar surface area (TPSA) is 70.2 Å². The molecule has 0 unspecified atom stereocenters. The quantitative estimate of drug-likeness (QED) is 0.735. The molecule has 23 heavy (non-hydrogen) atoms. The lowest BCUT2D eigenvalue weighted by Crippen LogP contribution is -2.35. The molecule has 120 valence electrons. The Balaban J connectivity index is 1.79. The maximum atomic E-state index is 12.8. The van der Waals surface area contributed by atoms with Crippen molar-refractivity contribution in [1.82, 2.24) is 5.32 Å². The minimum Gasteiger partial charge on any atom is -0.329 e. The summed E-state index contributed by atoms with van der Waals surface area (Å²) in [4.78, 5) is 24.5. The van der Waals surface area contributed by atoms with Crippen LogP contribution in [0.1, 0.15) is 0 Å². The third kappa shape index (κ3) is 5.63. The number of amides is 3. The first kappa shape index (κ1) is 16.8. The van der Waals surface area contributed by atoms with E-state index in [2.05, 4.69) is 16.0 Å². The molecule has 3 N–H and O–H groups in total. The van der Waals surface area contributed by atoms with Gasteiger partial charge in [0.2, 0.25) is 5.91 Å². The number of benzene rings is 2. The number of anilines is 2. The van der Waals surface area contributed by atoms with Gasteiger partial charge in [-0.2, -0.15) is 0 Å². The molecular weight excluding hydrogens is 317 g/mol. The standard InChI is InChI=1S/C16H16FN3O2S/c1-23-14-4-2-3-13(9-14)20-16(22)18-10-15(21)19-12-7-5-11(17)6-8-12/h2-9H,10H2,1H3,(H,19,21)(H2,18,20,22). The summed E-state index contributed by atoms with van der Waals surface area (Å²) in [5.41, 5.74) is 1.11. The Hall–Kier alpha value is -2.54. The van der Waals surface area contributed by atoms with Gasteiger partial charge in [0.1, 0.15) is 5.82 Å². The SMILES string of the molecule is CSc1cccc(NC(=O)NCC(=O)Nc2ccc(F)cc2)c1. The summed E-state index contributed by atoms with van der Waals surface area (Å²) >= 11 is 1.57. The fourth-order valence-corrected chi connectivity index (χ4v) is 2.23.